The molecular weight excluding hydrogens is 387 g/mol. The molecule has 2 heterocycles. The zero-order valence-electron chi connectivity index (χ0n) is 15.4. The van der Waals surface area contributed by atoms with Crippen LogP contribution in [0.5, 0.6) is 0 Å². The lowest BCUT2D eigenvalue weighted by molar-refractivity contribution is 0.407. The Morgan fingerprint density at radius 3 is 2.70 bits per heavy atom. The fourth-order valence-corrected chi connectivity index (χ4v) is 2.95. The first-order chi connectivity index (χ1) is 12.7. The highest BCUT2D eigenvalue weighted by atomic mass is 35.5. The lowest BCUT2D eigenvalue weighted by Gasteiger charge is -2.20. The molecule has 0 saturated carbocycles. The molecule has 3 N–H and O–H groups in total. The van der Waals surface area contributed by atoms with Gasteiger partial charge in [-0.3, -0.25) is 14.5 Å². The van der Waals surface area contributed by atoms with Gasteiger partial charge >= 0.3 is 0 Å². The normalized spacial score (nSPS) is 11.9. The van der Waals surface area contributed by atoms with Gasteiger partial charge in [-0.15, -0.1) is 0 Å². The first-order valence-corrected chi connectivity index (χ1v) is 9.37. The Labute approximate surface area is 167 Å². The topological polar surface area (TPSA) is 87.6 Å². The average Bonchev–Trinajstić information content (AvgIpc) is 2.98. The van der Waals surface area contributed by atoms with Crippen LogP contribution in [0.4, 0.5) is 5.95 Å². The van der Waals surface area contributed by atoms with E-state index in [-0.39, 0.29) is 11.1 Å². The molecule has 0 amide bonds. The van der Waals surface area contributed by atoms with Crippen LogP contribution in [0.15, 0.2) is 29.2 Å². The van der Waals surface area contributed by atoms with E-state index in [1.165, 1.54) is 0 Å². The summed E-state index contributed by atoms with van der Waals surface area (Å²) in [5, 5.41) is 11.7. The van der Waals surface area contributed by atoms with Gasteiger partial charge in [-0.25, -0.2) is 4.98 Å². The molecule has 0 radical (unpaired) electrons. The molecule has 0 saturated heterocycles. The largest absolute Gasteiger partial charge is 0.352 e. The molecule has 0 bridgehead atoms. The number of fused-ring (bicyclic) bond motifs is 1. The smallest absolute Gasteiger partial charge is 0.278 e. The zero-order chi connectivity index (χ0) is 19.6. The number of nitrogens with one attached hydrogen (secondary N) is 3. The lowest BCUT2D eigenvalue weighted by Crippen LogP contribution is -2.38. The van der Waals surface area contributed by atoms with Gasteiger partial charge in [0.15, 0.2) is 5.52 Å². The second-order valence-electron chi connectivity index (χ2n) is 7.29. The van der Waals surface area contributed by atoms with E-state index in [2.05, 4.69) is 46.5 Å². The summed E-state index contributed by atoms with van der Waals surface area (Å²) in [6.45, 7) is 8.02. The van der Waals surface area contributed by atoms with Crippen molar-refractivity contribution in [3.63, 3.8) is 0 Å². The Balaban J connectivity index is 1.73. The molecule has 0 unspecified atom stereocenters. The summed E-state index contributed by atoms with van der Waals surface area (Å²) in [6.07, 6.45) is 1.60. The summed E-state index contributed by atoms with van der Waals surface area (Å²) >= 11 is 11.9. The molecule has 7 nitrogen and oxygen atoms in total. The van der Waals surface area contributed by atoms with Crippen LogP contribution in [0.2, 0.25) is 10.0 Å². The van der Waals surface area contributed by atoms with Crippen LogP contribution in [-0.2, 0) is 13.1 Å². The Morgan fingerprint density at radius 2 is 2.00 bits per heavy atom. The van der Waals surface area contributed by atoms with Crippen LogP contribution in [0.3, 0.4) is 0 Å². The summed E-state index contributed by atoms with van der Waals surface area (Å²) < 4.78 is 1.67. The molecule has 144 valence electrons. The van der Waals surface area contributed by atoms with E-state index < -0.39 is 0 Å². The second-order valence-corrected chi connectivity index (χ2v) is 8.11. The van der Waals surface area contributed by atoms with Crippen LogP contribution in [-0.4, -0.2) is 31.8 Å². The summed E-state index contributed by atoms with van der Waals surface area (Å²) in [5.74, 6) is 0.380. The van der Waals surface area contributed by atoms with Crippen molar-refractivity contribution in [1.82, 2.24) is 25.1 Å². The maximum atomic E-state index is 12.5. The lowest BCUT2D eigenvalue weighted by atomic mass is 10.1. The van der Waals surface area contributed by atoms with Gasteiger partial charge in [0.2, 0.25) is 5.95 Å². The quantitative estimate of drug-likeness (QED) is 0.581. The summed E-state index contributed by atoms with van der Waals surface area (Å²) in [5.41, 5.74) is 1.72. The van der Waals surface area contributed by atoms with E-state index >= 15 is 0 Å². The molecule has 0 aliphatic heterocycles. The molecule has 1 aromatic carbocycles. The summed E-state index contributed by atoms with van der Waals surface area (Å²) in [7, 11) is 0. The first kappa shape index (κ1) is 19.7. The molecule has 9 heteroatoms. The van der Waals surface area contributed by atoms with Crippen LogP contribution >= 0.6 is 23.2 Å². The average molecular weight is 409 g/mol. The Morgan fingerprint density at radius 1 is 1.22 bits per heavy atom. The van der Waals surface area contributed by atoms with Crippen LogP contribution < -0.4 is 16.2 Å². The van der Waals surface area contributed by atoms with Crippen molar-refractivity contribution < 1.29 is 0 Å². The van der Waals surface area contributed by atoms with E-state index in [0.717, 1.165) is 5.56 Å². The van der Waals surface area contributed by atoms with E-state index in [0.29, 0.717) is 46.7 Å². The Hall–Kier alpha value is -2.09. The third-order valence-electron chi connectivity index (χ3n) is 3.92. The maximum Gasteiger partial charge on any atom is 0.278 e. The molecule has 27 heavy (non-hydrogen) atoms. The summed E-state index contributed by atoms with van der Waals surface area (Å²) in [4.78, 5) is 19.7. The predicted octanol–water partition coefficient (Wildman–Crippen LogP) is 3.43. The van der Waals surface area contributed by atoms with Crippen molar-refractivity contribution in [2.45, 2.75) is 39.4 Å². The number of nitrogens with zero attached hydrogens (tertiary/aromatic N) is 3. The monoisotopic (exact) mass is 408 g/mol. The van der Waals surface area contributed by atoms with Crippen molar-refractivity contribution in [2.75, 3.05) is 11.9 Å². The van der Waals surface area contributed by atoms with E-state index in [4.69, 9.17) is 23.2 Å². The van der Waals surface area contributed by atoms with Gasteiger partial charge in [0.05, 0.1) is 22.8 Å². The molecule has 0 atom stereocenters. The second kappa shape index (κ2) is 7.88. The van der Waals surface area contributed by atoms with Gasteiger partial charge in [-0.2, -0.15) is 5.10 Å². The predicted molar refractivity (Wildman–Crippen MR) is 110 cm³/mol. The van der Waals surface area contributed by atoms with Crippen molar-refractivity contribution in [3.8, 4) is 0 Å². The minimum absolute atomic E-state index is 0.00920. The van der Waals surface area contributed by atoms with Crippen molar-refractivity contribution in [3.05, 3.63) is 50.4 Å². The number of hydrogen-bond acceptors (Lipinski definition) is 5. The third-order valence-corrected chi connectivity index (χ3v) is 4.66. The van der Waals surface area contributed by atoms with Gasteiger partial charge in [-0.1, -0.05) is 29.3 Å². The van der Waals surface area contributed by atoms with E-state index in [1.54, 1.807) is 23.0 Å². The highest BCUT2D eigenvalue weighted by molar-refractivity contribution is 6.42. The summed E-state index contributed by atoms with van der Waals surface area (Å²) in [6, 6.07) is 5.36. The maximum absolute atomic E-state index is 12.5. The number of rotatable bonds is 6. The molecule has 0 aliphatic carbocycles. The molecule has 0 spiro atoms. The number of aromatic amines is 1. The highest BCUT2D eigenvalue weighted by Gasteiger charge is 2.12. The van der Waals surface area contributed by atoms with Gasteiger partial charge in [0.1, 0.15) is 5.52 Å². The number of hydrogen-bond donors (Lipinski definition) is 3. The van der Waals surface area contributed by atoms with Gasteiger partial charge in [0, 0.05) is 18.6 Å². The van der Waals surface area contributed by atoms with Crippen LogP contribution in [0, 0.1) is 0 Å². The molecule has 2 aromatic heterocycles. The minimum Gasteiger partial charge on any atom is -0.352 e. The van der Waals surface area contributed by atoms with Crippen LogP contribution in [0.25, 0.3) is 11.0 Å². The molecule has 0 aliphatic rings. The number of aromatic nitrogens is 4. The highest BCUT2D eigenvalue weighted by Crippen LogP contribution is 2.22. The fraction of sp³-hybridized carbons (Fsp3) is 0.389. The molecule has 3 rings (SSSR count). The molecular formula is C18H22Cl2N6O. The number of halogens is 2. The third kappa shape index (κ3) is 5.00. The van der Waals surface area contributed by atoms with Crippen molar-refractivity contribution in [2.24, 2.45) is 0 Å². The van der Waals surface area contributed by atoms with Crippen molar-refractivity contribution in [1.29, 1.82) is 0 Å². The molecule has 0 fully saturated rings. The number of benzene rings is 1. The first-order valence-electron chi connectivity index (χ1n) is 8.61. The number of H-pyrrole nitrogens is 1. The van der Waals surface area contributed by atoms with E-state index in [1.807, 2.05) is 6.07 Å². The minimum atomic E-state index is -0.232. The standard InChI is InChI=1S/C18H22Cl2N6O/c1-18(2,3)22-6-7-26-15-14(10-23-26)24-17(25-16(15)27)21-9-11-4-5-12(19)13(20)8-11/h4-5,8,10,22H,6-7,9H2,1-3H3,(H2,21,24,25,27). The molecule has 3 aromatic rings. The van der Waals surface area contributed by atoms with E-state index in [9.17, 15) is 4.79 Å². The zero-order valence-corrected chi connectivity index (χ0v) is 16.9. The van der Waals surface area contributed by atoms with Gasteiger partial charge < -0.3 is 10.6 Å². The Kier molecular flexibility index (Phi) is 5.74. The SMILES string of the molecule is CC(C)(C)NCCn1ncc2nc(NCc3ccc(Cl)c(Cl)c3)[nH]c(=O)c21. The van der Waals surface area contributed by atoms with Gasteiger partial charge in [0.25, 0.3) is 5.56 Å². The Bertz CT molecular complexity index is 1010. The fourth-order valence-electron chi connectivity index (χ4n) is 2.63. The van der Waals surface area contributed by atoms with Gasteiger partial charge in [-0.05, 0) is 38.5 Å². The van der Waals surface area contributed by atoms with Crippen LogP contribution in [0.1, 0.15) is 26.3 Å². The number of anilines is 1. The van der Waals surface area contributed by atoms with Crippen molar-refractivity contribution >= 4 is 40.2 Å².